The van der Waals surface area contributed by atoms with E-state index < -0.39 is 18.0 Å². The molecule has 0 aliphatic carbocycles. The van der Waals surface area contributed by atoms with Gasteiger partial charge in [-0.25, -0.2) is 10.2 Å². The van der Waals surface area contributed by atoms with Crippen LogP contribution in [0.2, 0.25) is 0 Å². The van der Waals surface area contributed by atoms with Crippen LogP contribution in [-0.2, 0) is 4.79 Å². The van der Waals surface area contributed by atoms with Gasteiger partial charge in [0.15, 0.2) is 17.6 Å². The van der Waals surface area contributed by atoms with Crippen molar-refractivity contribution in [3.8, 4) is 23.0 Å². The van der Waals surface area contributed by atoms with E-state index in [2.05, 4.69) is 10.5 Å². The van der Waals surface area contributed by atoms with Crippen LogP contribution >= 0.6 is 0 Å². The monoisotopic (exact) mass is 540 g/mol. The van der Waals surface area contributed by atoms with Crippen molar-refractivity contribution >= 4 is 28.9 Å². The van der Waals surface area contributed by atoms with Crippen molar-refractivity contribution in [2.45, 2.75) is 33.3 Å². The third kappa shape index (κ3) is 7.38. The van der Waals surface area contributed by atoms with Crippen LogP contribution in [0.3, 0.4) is 0 Å². The van der Waals surface area contributed by atoms with E-state index in [1.54, 1.807) is 49.4 Å². The van der Waals surface area contributed by atoms with E-state index >= 15 is 0 Å². The highest BCUT2D eigenvalue weighted by molar-refractivity contribution is 5.92. The fourth-order valence-electron chi connectivity index (χ4n) is 3.83. The molecule has 4 aromatic rings. The Bertz CT molecular complexity index is 1480. The summed E-state index contributed by atoms with van der Waals surface area (Å²) in [4.78, 5) is 25.3. The molecule has 8 heteroatoms. The molecule has 0 aliphatic rings. The van der Waals surface area contributed by atoms with E-state index in [1.807, 2.05) is 56.3 Å². The fraction of sp³-hybridized carbons (Fsp3) is 0.219. The second-order valence-corrected chi connectivity index (χ2v) is 8.87. The molecule has 1 N–H and O–H groups in total. The lowest BCUT2D eigenvalue weighted by Crippen LogP contribution is -2.33. The Balaban J connectivity index is 1.37. The average molecular weight is 541 g/mol. The molecule has 0 heterocycles. The summed E-state index contributed by atoms with van der Waals surface area (Å²) in [5.41, 5.74) is 3.54. The highest BCUT2D eigenvalue weighted by Crippen LogP contribution is 2.29. The molecule has 0 aromatic heterocycles. The number of rotatable bonds is 12. The second kappa shape index (κ2) is 13.8. The molecule has 0 spiro atoms. The molecule has 1 atom stereocenters. The van der Waals surface area contributed by atoms with Crippen LogP contribution in [0.4, 0.5) is 0 Å². The summed E-state index contributed by atoms with van der Waals surface area (Å²) < 4.78 is 22.7. The second-order valence-electron chi connectivity index (χ2n) is 8.87. The van der Waals surface area contributed by atoms with E-state index in [-0.39, 0.29) is 5.75 Å². The van der Waals surface area contributed by atoms with E-state index in [0.29, 0.717) is 41.6 Å². The smallest absolute Gasteiger partial charge is 0.343 e. The summed E-state index contributed by atoms with van der Waals surface area (Å²) >= 11 is 0. The van der Waals surface area contributed by atoms with E-state index in [1.165, 1.54) is 6.21 Å². The van der Waals surface area contributed by atoms with Crippen LogP contribution in [-0.4, -0.2) is 37.4 Å². The van der Waals surface area contributed by atoms with E-state index in [4.69, 9.17) is 18.9 Å². The Morgan fingerprint density at radius 3 is 2.42 bits per heavy atom. The first-order chi connectivity index (χ1) is 19.5. The Morgan fingerprint density at radius 1 is 0.875 bits per heavy atom. The van der Waals surface area contributed by atoms with Gasteiger partial charge in [-0.1, -0.05) is 43.3 Å². The number of hydrogen-bond acceptors (Lipinski definition) is 7. The lowest BCUT2D eigenvalue weighted by atomic mass is 10.1. The van der Waals surface area contributed by atoms with Crippen molar-refractivity contribution in [3.63, 3.8) is 0 Å². The number of hydrogen-bond donors (Lipinski definition) is 1. The zero-order chi connectivity index (χ0) is 28.3. The average Bonchev–Trinajstić information content (AvgIpc) is 2.97. The van der Waals surface area contributed by atoms with Crippen molar-refractivity contribution < 1.29 is 28.5 Å². The van der Waals surface area contributed by atoms with Crippen molar-refractivity contribution in [2.24, 2.45) is 5.10 Å². The van der Waals surface area contributed by atoms with Crippen LogP contribution < -0.4 is 24.4 Å². The number of ether oxygens (including phenoxy) is 4. The Kier molecular flexibility index (Phi) is 9.72. The number of hydrazone groups is 1. The number of carbonyl (C=O) groups excluding carboxylic acids is 2. The molecular formula is C32H32N2O6. The zero-order valence-corrected chi connectivity index (χ0v) is 22.8. The first-order valence-corrected chi connectivity index (χ1v) is 13.2. The summed E-state index contributed by atoms with van der Waals surface area (Å²) in [5, 5.41) is 6.01. The first-order valence-electron chi connectivity index (χ1n) is 13.2. The Labute approximate surface area is 233 Å². The van der Waals surface area contributed by atoms with Crippen molar-refractivity contribution in [1.29, 1.82) is 0 Å². The molecule has 0 radical (unpaired) electrons. The molecular weight excluding hydrogens is 508 g/mol. The standard InChI is InChI=1S/C32H32N2O6/c1-4-19-38-26-16-14-25(15-17-26)32(36)40-29-18-13-23(20-30(29)37-5-2)21-33-34-31(35)22(3)39-28-12-8-10-24-9-6-7-11-27(24)28/h6-18,20-22H,4-5,19H2,1-3H3,(H,34,35)/b33-21-/t22-/m1/s1. The molecule has 4 aromatic carbocycles. The first kappa shape index (κ1) is 28.2. The Morgan fingerprint density at radius 2 is 1.65 bits per heavy atom. The lowest BCUT2D eigenvalue weighted by molar-refractivity contribution is -0.127. The minimum absolute atomic E-state index is 0.274. The molecule has 0 fully saturated rings. The van der Waals surface area contributed by atoms with Gasteiger partial charge in [0.2, 0.25) is 0 Å². The number of fused-ring (bicyclic) bond motifs is 1. The number of benzene rings is 4. The third-order valence-corrected chi connectivity index (χ3v) is 5.84. The Hall–Kier alpha value is -4.85. The molecule has 8 nitrogen and oxygen atoms in total. The minimum Gasteiger partial charge on any atom is -0.494 e. The lowest BCUT2D eigenvalue weighted by Gasteiger charge is -2.14. The molecule has 1 amide bonds. The summed E-state index contributed by atoms with van der Waals surface area (Å²) in [6, 6.07) is 25.3. The number of esters is 1. The molecule has 0 bridgehead atoms. The van der Waals surface area contributed by atoms with E-state index in [9.17, 15) is 9.59 Å². The third-order valence-electron chi connectivity index (χ3n) is 5.84. The van der Waals surface area contributed by atoms with Gasteiger partial charge in [-0.3, -0.25) is 4.79 Å². The maximum atomic E-state index is 12.7. The highest BCUT2D eigenvalue weighted by atomic mass is 16.6. The number of carbonyl (C=O) groups is 2. The molecule has 4 rings (SSSR count). The van der Waals surface area contributed by atoms with Gasteiger partial charge in [0.1, 0.15) is 11.5 Å². The van der Waals surface area contributed by atoms with Gasteiger partial charge in [0.25, 0.3) is 5.91 Å². The fourth-order valence-corrected chi connectivity index (χ4v) is 3.83. The SMILES string of the molecule is CCCOc1ccc(C(=O)Oc2ccc(/C=N\NC(=O)[C@@H](C)Oc3cccc4ccccc34)cc2OCC)cc1. The molecule has 0 saturated carbocycles. The summed E-state index contributed by atoms with van der Waals surface area (Å²) in [6.07, 6.45) is 1.61. The van der Waals surface area contributed by atoms with Crippen LogP contribution in [0.15, 0.2) is 90.0 Å². The number of nitrogens with zero attached hydrogens (tertiary/aromatic N) is 1. The maximum absolute atomic E-state index is 12.7. The summed E-state index contributed by atoms with van der Waals surface area (Å²) in [7, 11) is 0. The van der Waals surface area contributed by atoms with Gasteiger partial charge in [0.05, 0.1) is 25.0 Å². The molecule has 206 valence electrons. The van der Waals surface area contributed by atoms with Crippen molar-refractivity contribution in [1.82, 2.24) is 5.43 Å². The van der Waals surface area contributed by atoms with Gasteiger partial charge >= 0.3 is 5.97 Å². The van der Waals surface area contributed by atoms with Crippen LogP contribution in [0.25, 0.3) is 10.8 Å². The quantitative estimate of drug-likeness (QED) is 0.100. The normalized spacial score (nSPS) is 11.7. The van der Waals surface area contributed by atoms with Gasteiger partial charge in [0, 0.05) is 5.39 Å². The van der Waals surface area contributed by atoms with Gasteiger partial charge in [-0.05, 0) is 79.7 Å². The van der Waals surface area contributed by atoms with Crippen LogP contribution in [0.5, 0.6) is 23.0 Å². The summed E-state index contributed by atoms with van der Waals surface area (Å²) in [6.45, 7) is 6.50. The van der Waals surface area contributed by atoms with Gasteiger partial charge in [-0.2, -0.15) is 5.10 Å². The zero-order valence-electron chi connectivity index (χ0n) is 22.8. The van der Waals surface area contributed by atoms with Crippen molar-refractivity contribution in [3.05, 3.63) is 96.1 Å². The van der Waals surface area contributed by atoms with Crippen molar-refractivity contribution in [2.75, 3.05) is 13.2 Å². The maximum Gasteiger partial charge on any atom is 0.343 e. The molecule has 0 unspecified atom stereocenters. The van der Waals surface area contributed by atoms with Gasteiger partial charge < -0.3 is 18.9 Å². The number of nitrogens with one attached hydrogen (secondary N) is 1. The van der Waals surface area contributed by atoms with Crippen LogP contribution in [0, 0.1) is 0 Å². The molecule has 40 heavy (non-hydrogen) atoms. The largest absolute Gasteiger partial charge is 0.494 e. The van der Waals surface area contributed by atoms with Gasteiger partial charge in [-0.15, -0.1) is 0 Å². The number of amides is 1. The minimum atomic E-state index is -0.768. The predicted molar refractivity (Wildman–Crippen MR) is 155 cm³/mol. The van der Waals surface area contributed by atoms with E-state index in [0.717, 1.165) is 17.2 Å². The predicted octanol–water partition coefficient (Wildman–Crippen LogP) is 6.16. The topological polar surface area (TPSA) is 95.5 Å². The highest BCUT2D eigenvalue weighted by Gasteiger charge is 2.16. The molecule has 0 aliphatic heterocycles. The van der Waals surface area contributed by atoms with Crippen LogP contribution in [0.1, 0.15) is 43.1 Å². The summed E-state index contributed by atoms with van der Waals surface area (Å²) in [5.74, 6) is 1.05. The molecule has 0 saturated heterocycles.